The van der Waals surface area contributed by atoms with Crippen LogP contribution in [0, 0.1) is 0 Å². The molecule has 0 unspecified atom stereocenters. The summed E-state index contributed by atoms with van der Waals surface area (Å²) < 4.78 is 29.6. The lowest BCUT2D eigenvalue weighted by Gasteiger charge is -2.17. The minimum Gasteiger partial charge on any atom is -0.288 e. The predicted octanol–water partition coefficient (Wildman–Crippen LogP) is 4.51. The van der Waals surface area contributed by atoms with Gasteiger partial charge in [0.25, 0.3) is 10.0 Å². The molecule has 0 radical (unpaired) electrons. The highest BCUT2D eigenvalue weighted by Gasteiger charge is 2.30. The molecule has 0 N–H and O–H groups in total. The van der Waals surface area contributed by atoms with E-state index in [1.807, 2.05) is 0 Å². The lowest BCUT2D eigenvalue weighted by atomic mass is 9.94. The van der Waals surface area contributed by atoms with E-state index in [9.17, 15) is 13.2 Å². The smallest absolute Gasteiger partial charge is 0.282 e. The van der Waals surface area contributed by atoms with Gasteiger partial charge in [-0.25, -0.2) is 0 Å². The van der Waals surface area contributed by atoms with Crippen molar-refractivity contribution < 1.29 is 13.2 Å². The van der Waals surface area contributed by atoms with Crippen LogP contribution in [0.25, 0.3) is 0 Å². The van der Waals surface area contributed by atoms with E-state index < -0.39 is 15.8 Å². The van der Waals surface area contributed by atoms with Crippen molar-refractivity contribution in [2.75, 3.05) is 0 Å². The van der Waals surface area contributed by atoms with Crippen LogP contribution in [0.5, 0.6) is 0 Å². The van der Waals surface area contributed by atoms with Crippen LogP contribution in [-0.2, 0) is 10.0 Å². The van der Waals surface area contributed by atoms with Crippen molar-refractivity contribution in [2.45, 2.75) is 4.90 Å². The summed E-state index contributed by atoms with van der Waals surface area (Å²) in [6.45, 7) is 0. The third-order valence-corrected chi connectivity index (χ3v) is 5.99. The molecule has 0 fully saturated rings. The Bertz CT molecular complexity index is 1010. The van der Waals surface area contributed by atoms with Gasteiger partial charge in [-0.15, -0.1) is 0 Å². The molecule has 0 bridgehead atoms. The van der Waals surface area contributed by atoms with E-state index in [0.29, 0.717) is 5.56 Å². The molecule has 0 aromatic heterocycles. The third-order valence-electron chi connectivity index (χ3n) is 3.35. The number of hydrogen-bond acceptors (Lipinski definition) is 3. The van der Waals surface area contributed by atoms with Gasteiger partial charge in [0, 0.05) is 15.6 Å². The highest BCUT2D eigenvalue weighted by molar-refractivity contribution is 9.10. The van der Waals surface area contributed by atoms with Crippen LogP contribution in [0.15, 0.2) is 72.4 Å². The molecule has 0 saturated heterocycles. The van der Waals surface area contributed by atoms with Gasteiger partial charge in [-0.05, 0) is 24.3 Å². The zero-order valence-electron chi connectivity index (χ0n) is 11.8. The largest absolute Gasteiger partial charge is 0.288 e. The van der Waals surface area contributed by atoms with Crippen molar-refractivity contribution in [3.8, 4) is 0 Å². The van der Waals surface area contributed by atoms with Crippen molar-refractivity contribution in [2.24, 2.45) is 4.40 Å². The summed E-state index contributed by atoms with van der Waals surface area (Å²) in [5.41, 5.74) is 0.550. The predicted molar refractivity (Wildman–Crippen MR) is 97.4 cm³/mol. The minimum absolute atomic E-state index is 0.00757. The van der Waals surface area contributed by atoms with Gasteiger partial charge in [-0.2, -0.15) is 12.8 Å². The molecule has 2 aromatic rings. The van der Waals surface area contributed by atoms with E-state index in [1.54, 1.807) is 36.4 Å². The highest BCUT2D eigenvalue weighted by atomic mass is 79.9. The summed E-state index contributed by atoms with van der Waals surface area (Å²) in [7, 11) is -4.01. The van der Waals surface area contributed by atoms with Crippen molar-refractivity contribution in [3.63, 3.8) is 0 Å². The molecule has 1 aliphatic carbocycles. The average Bonchev–Trinajstić information content (AvgIpc) is 2.57. The Morgan fingerprint density at radius 2 is 1.46 bits per heavy atom. The first-order valence-corrected chi connectivity index (χ1v) is 9.60. The lowest BCUT2D eigenvalue weighted by Crippen LogP contribution is -2.19. The average molecular weight is 445 g/mol. The number of sulfonamides is 1. The van der Waals surface area contributed by atoms with Crippen molar-refractivity contribution in [1.29, 1.82) is 0 Å². The number of fused-ring (bicyclic) bond motifs is 1. The molecule has 4 nitrogen and oxygen atoms in total. The van der Waals surface area contributed by atoms with Gasteiger partial charge in [0.05, 0.1) is 9.93 Å². The van der Waals surface area contributed by atoms with E-state index >= 15 is 0 Å². The van der Waals surface area contributed by atoms with Crippen molar-refractivity contribution >= 4 is 60.7 Å². The Balaban J connectivity index is 2.21. The van der Waals surface area contributed by atoms with Crippen LogP contribution >= 0.6 is 39.1 Å². The first-order chi connectivity index (χ1) is 11.3. The van der Waals surface area contributed by atoms with Crippen molar-refractivity contribution in [1.82, 2.24) is 0 Å². The fourth-order valence-electron chi connectivity index (χ4n) is 2.20. The fourth-order valence-corrected chi connectivity index (χ4v) is 3.95. The summed E-state index contributed by atoms with van der Waals surface area (Å²) in [6.07, 6.45) is 0. The second-order valence-corrected chi connectivity index (χ2v) is 8.15. The quantitative estimate of drug-likeness (QED) is 0.684. The molecule has 2 aromatic carbocycles. The molecule has 0 spiro atoms. The molecule has 3 rings (SSSR count). The fraction of sp³-hybridized carbons (Fsp3) is 0. The Morgan fingerprint density at radius 1 is 0.875 bits per heavy atom. The highest BCUT2D eigenvalue weighted by Crippen LogP contribution is 2.32. The molecular weight excluding hydrogens is 437 g/mol. The van der Waals surface area contributed by atoms with Crippen LogP contribution in [0.3, 0.4) is 0 Å². The molecule has 1 aliphatic rings. The summed E-state index contributed by atoms with van der Waals surface area (Å²) in [4.78, 5) is 12.2. The van der Waals surface area contributed by atoms with E-state index in [-0.39, 0.29) is 26.2 Å². The number of rotatable bonds is 2. The van der Waals surface area contributed by atoms with Crippen LogP contribution in [0.2, 0.25) is 0 Å². The minimum atomic E-state index is -4.01. The second-order valence-electron chi connectivity index (χ2n) is 4.87. The molecular formula is C16H8BrCl2NO3S. The topological polar surface area (TPSA) is 63.6 Å². The van der Waals surface area contributed by atoms with Crippen LogP contribution in [0.1, 0.15) is 15.9 Å². The van der Waals surface area contributed by atoms with Crippen LogP contribution in [0.4, 0.5) is 0 Å². The van der Waals surface area contributed by atoms with Gasteiger partial charge in [0.2, 0.25) is 5.78 Å². The maximum absolute atomic E-state index is 12.5. The summed E-state index contributed by atoms with van der Waals surface area (Å²) >= 11 is 15.3. The molecule has 0 heterocycles. The number of hydrogen-bond donors (Lipinski definition) is 0. The molecule has 0 saturated carbocycles. The zero-order chi connectivity index (χ0) is 17.5. The molecule has 8 heteroatoms. The van der Waals surface area contributed by atoms with E-state index in [1.165, 1.54) is 12.1 Å². The Morgan fingerprint density at radius 3 is 2.08 bits per heavy atom. The standard InChI is InChI=1S/C16H8BrCl2NO3S/c17-9-5-7-10(8-6-9)24(22,23)20-15-11-3-1-2-4-12(11)16(21)14(19)13(15)18/h1-8H/b20-15-. The number of nitrogens with zero attached hydrogens (tertiary/aromatic N) is 1. The van der Waals surface area contributed by atoms with Gasteiger partial charge in [0.1, 0.15) is 10.7 Å². The Kier molecular flexibility index (Phi) is 4.66. The summed E-state index contributed by atoms with van der Waals surface area (Å²) in [5.74, 6) is -0.461. The molecule has 0 atom stereocenters. The molecule has 24 heavy (non-hydrogen) atoms. The first-order valence-electron chi connectivity index (χ1n) is 6.61. The van der Waals surface area contributed by atoms with E-state index in [2.05, 4.69) is 20.3 Å². The second kappa shape index (κ2) is 6.44. The van der Waals surface area contributed by atoms with Gasteiger partial charge in [-0.3, -0.25) is 4.79 Å². The first kappa shape index (κ1) is 17.4. The molecule has 122 valence electrons. The number of carbonyl (C=O) groups is 1. The van der Waals surface area contributed by atoms with Gasteiger partial charge < -0.3 is 0 Å². The zero-order valence-corrected chi connectivity index (χ0v) is 15.7. The summed E-state index contributed by atoms with van der Waals surface area (Å²) in [6, 6.07) is 12.5. The normalized spacial score (nSPS) is 16.5. The maximum atomic E-state index is 12.5. The number of Topliss-reactive ketones (excluding diaryl/α,β-unsaturated/α-hetero) is 1. The van der Waals surface area contributed by atoms with E-state index in [0.717, 1.165) is 4.47 Å². The maximum Gasteiger partial charge on any atom is 0.282 e. The number of halogens is 3. The third kappa shape index (κ3) is 3.07. The molecule has 0 amide bonds. The van der Waals surface area contributed by atoms with E-state index in [4.69, 9.17) is 23.2 Å². The lowest BCUT2D eigenvalue weighted by molar-refractivity contribution is 0.104. The van der Waals surface area contributed by atoms with Crippen LogP contribution < -0.4 is 0 Å². The number of carbonyl (C=O) groups excluding carboxylic acids is 1. The SMILES string of the molecule is O=C1C(Cl)=C(Cl)/C(=N\S(=O)(=O)c2ccc(Br)cc2)c2ccccc21. The van der Waals surface area contributed by atoms with Gasteiger partial charge >= 0.3 is 0 Å². The van der Waals surface area contributed by atoms with Gasteiger partial charge in [0.15, 0.2) is 0 Å². The number of ketones is 1. The monoisotopic (exact) mass is 443 g/mol. The Labute approximate surface area is 157 Å². The molecule has 0 aliphatic heterocycles. The number of benzene rings is 2. The Hall–Kier alpha value is -1.47. The van der Waals surface area contributed by atoms with Crippen molar-refractivity contribution in [3.05, 3.63) is 74.2 Å². The van der Waals surface area contributed by atoms with Crippen LogP contribution in [-0.4, -0.2) is 19.9 Å². The van der Waals surface area contributed by atoms with Gasteiger partial charge in [-0.1, -0.05) is 63.4 Å². The number of allylic oxidation sites excluding steroid dienone is 2. The summed E-state index contributed by atoms with van der Waals surface area (Å²) in [5, 5.41) is -0.429.